The normalized spacial score (nSPS) is 12.5. The molecule has 0 saturated heterocycles. The number of aromatic amines is 1. The van der Waals surface area contributed by atoms with E-state index in [-0.39, 0.29) is 17.6 Å². The number of hydrogen-bond acceptors (Lipinski definition) is 4. The molecular formula is C28H20F4N4O2. The van der Waals surface area contributed by atoms with Crippen molar-refractivity contribution in [3.63, 3.8) is 0 Å². The van der Waals surface area contributed by atoms with Gasteiger partial charge in [0.25, 0.3) is 5.91 Å². The minimum absolute atomic E-state index is 0.277. The van der Waals surface area contributed by atoms with Crippen molar-refractivity contribution in [2.24, 2.45) is 0 Å². The van der Waals surface area contributed by atoms with Crippen LogP contribution in [0, 0.1) is 5.82 Å². The summed E-state index contributed by atoms with van der Waals surface area (Å²) in [5.74, 6) is -2.61. The number of fused-ring (bicyclic) bond motifs is 1. The van der Waals surface area contributed by atoms with Gasteiger partial charge in [0.05, 0.1) is 28.6 Å². The summed E-state index contributed by atoms with van der Waals surface area (Å²) in [5, 5.41) is 13.3. The van der Waals surface area contributed by atoms with Gasteiger partial charge in [-0.15, -0.1) is 0 Å². The topological polar surface area (TPSA) is 90.9 Å². The number of benzene rings is 3. The molecule has 1 amide bonds. The van der Waals surface area contributed by atoms with Gasteiger partial charge in [-0.25, -0.2) is 14.4 Å². The number of amides is 1. The molecule has 2 aromatic heterocycles. The molecule has 0 aliphatic heterocycles. The second kappa shape index (κ2) is 9.71. The molecule has 0 spiro atoms. The first kappa shape index (κ1) is 25.1. The molecule has 5 aromatic rings. The summed E-state index contributed by atoms with van der Waals surface area (Å²) in [6, 6.07) is 16.7. The summed E-state index contributed by atoms with van der Waals surface area (Å²) in [6.07, 6.45) is -3.19. The maximum absolute atomic E-state index is 15.0. The van der Waals surface area contributed by atoms with E-state index in [1.54, 1.807) is 49.4 Å². The number of carbonyl (C=O) groups is 1. The van der Waals surface area contributed by atoms with Gasteiger partial charge in [0.2, 0.25) is 0 Å². The van der Waals surface area contributed by atoms with Gasteiger partial charge >= 0.3 is 6.18 Å². The molecule has 38 heavy (non-hydrogen) atoms. The van der Waals surface area contributed by atoms with Gasteiger partial charge in [-0.05, 0) is 42.8 Å². The monoisotopic (exact) mass is 520 g/mol. The number of aromatic nitrogens is 3. The van der Waals surface area contributed by atoms with Crippen LogP contribution in [0.15, 0.2) is 79.1 Å². The molecule has 1 atom stereocenters. The fourth-order valence-corrected chi connectivity index (χ4v) is 4.21. The molecule has 0 bridgehead atoms. The first-order valence-electron chi connectivity index (χ1n) is 11.5. The number of aliphatic hydroxyl groups is 1. The van der Waals surface area contributed by atoms with Crippen molar-refractivity contribution in [3.8, 4) is 22.6 Å². The van der Waals surface area contributed by atoms with Crippen LogP contribution in [0.3, 0.4) is 0 Å². The van der Waals surface area contributed by atoms with Crippen molar-refractivity contribution >= 4 is 22.5 Å². The van der Waals surface area contributed by atoms with Crippen molar-refractivity contribution in [3.05, 3.63) is 102 Å². The zero-order valence-electron chi connectivity index (χ0n) is 19.8. The lowest BCUT2D eigenvalue weighted by atomic mass is 10.0. The summed E-state index contributed by atoms with van der Waals surface area (Å²) in [6.45, 7) is 1.59. The number of anilines is 1. The van der Waals surface area contributed by atoms with Crippen LogP contribution >= 0.6 is 0 Å². The second-order valence-electron chi connectivity index (χ2n) is 8.62. The molecule has 0 fully saturated rings. The van der Waals surface area contributed by atoms with Crippen LogP contribution in [0.25, 0.3) is 33.5 Å². The van der Waals surface area contributed by atoms with E-state index in [2.05, 4.69) is 20.3 Å². The Morgan fingerprint density at radius 3 is 2.37 bits per heavy atom. The van der Waals surface area contributed by atoms with Gasteiger partial charge in [-0.2, -0.15) is 13.2 Å². The highest BCUT2D eigenvalue weighted by Crippen LogP contribution is 2.39. The Kier molecular flexibility index (Phi) is 6.41. The Labute approximate surface area is 214 Å². The number of nitrogens with zero attached hydrogens (tertiary/aromatic N) is 2. The molecule has 1 unspecified atom stereocenters. The van der Waals surface area contributed by atoms with Crippen LogP contribution in [-0.2, 0) is 6.18 Å². The third-order valence-electron chi connectivity index (χ3n) is 6.07. The maximum Gasteiger partial charge on any atom is 0.417 e. The fraction of sp³-hybridized carbons (Fsp3) is 0.107. The first-order chi connectivity index (χ1) is 18.1. The van der Waals surface area contributed by atoms with Gasteiger partial charge in [0.15, 0.2) is 5.82 Å². The number of aliphatic hydroxyl groups excluding tert-OH is 1. The van der Waals surface area contributed by atoms with E-state index in [9.17, 15) is 23.1 Å². The number of H-pyrrole nitrogens is 1. The van der Waals surface area contributed by atoms with E-state index < -0.39 is 40.7 Å². The quantitative estimate of drug-likeness (QED) is 0.224. The highest BCUT2D eigenvalue weighted by molar-refractivity contribution is 6.13. The maximum atomic E-state index is 15.0. The molecule has 5 rings (SSSR count). The Bertz CT molecular complexity index is 1630. The largest absolute Gasteiger partial charge is 0.417 e. The molecule has 2 heterocycles. The number of alkyl halides is 3. The molecule has 3 N–H and O–H groups in total. The summed E-state index contributed by atoms with van der Waals surface area (Å²) in [7, 11) is 0. The Morgan fingerprint density at radius 2 is 1.71 bits per heavy atom. The van der Waals surface area contributed by atoms with E-state index in [1.807, 2.05) is 6.07 Å². The molecule has 0 saturated carbocycles. The summed E-state index contributed by atoms with van der Waals surface area (Å²) < 4.78 is 56.2. The van der Waals surface area contributed by atoms with E-state index in [0.717, 1.165) is 6.07 Å². The Balaban J connectivity index is 1.65. The minimum atomic E-state index is -4.90. The van der Waals surface area contributed by atoms with Crippen LogP contribution in [0.5, 0.6) is 0 Å². The minimum Gasteiger partial charge on any atom is -0.389 e. The molecule has 3 aromatic carbocycles. The highest BCUT2D eigenvalue weighted by Gasteiger charge is 2.36. The van der Waals surface area contributed by atoms with Crippen molar-refractivity contribution in [1.82, 2.24) is 15.0 Å². The average Bonchev–Trinajstić information content (AvgIpc) is 3.26. The molecule has 0 radical (unpaired) electrons. The molecule has 6 nitrogen and oxygen atoms in total. The lowest BCUT2D eigenvalue weighted by Gasteiger charge is -2.15. The van der Waals surface area contributed by atoms with Crippen LogP contribution in [0.4, 0.5) is 23.2 Å². The third kappa shape index (κ3) is 4.73. The fourth-order valence-electron chi connectivity index (χ4n) is 4.21. The highest BCUT2D eigenvalue weighted by atomic mass is 19.4. The molecular weight excluding hydrogens is 500 g/mol. The number of carbonyl (C=O) groups excluding carboxylic acids is 1. The van der Waals surface area contributed by atoms with Crippen LogP contribution in [0.2, 0.25) is 0 Å². The molecule has 0 aliphatic carbocycles. The van der Waals surface area contributed by atoms with Gasteiger partial charge in [-0.1, -0.05) is 36.4 Å². The van der Waals surface area contributed by atoms with Gasteiger partial charge in [-0.3, -0.25) is 4.79 Å². The molecule has 10 heteroatoms. The summed E-state index contributed by atoms with van der Waals surface area (Å²) in [4.78, 5) is 24.3. The molecule has 0 aliphatic rings. The van der Waals surface area contributed by atoms with Crippen molar-refractivity contribution in [1.29, 1.82) is 0 Å². The SMILES string of the molecule is CC(O)c1ccc2[nH]c(-c3ccccc3)c(NC(=O)c3cc(-c4ncccn4)c(C(F)(F)F)cc3F)c2c1. The predicted molar refractivity (Wildman–Crippen MR) is 135 cm³/mol. The zero-order chi connectivity index (χ0) is 27.0. The van der Waals surface area contributed by atoms with E-state index in [0.29, 0.717) is 27.7 Å². The number of rotatable bonds is 5. The van der Waals surface area contributed by atoms with Crippen LogP contribution < -0.4 is 5.32 Å². The lowest BCUT2D eigenvalue weighted by molar-refractivity contribution is -0.137. The average molecular weight is 520 g/mol. The standard InChI is InChI=1S/C28H20F4N4O2/c1-15(37)17-8-9-23-20(12-17)25(24(35-23)16-6-3-2-4-7-16)36-27(38)19-13-18(26-33-10-5-11-34-26)21(14-22(19)29)28(30,31)32/h2-15,35,37H,1H3,(H,36,38). The van der Waals surface area contributed by atoms with Crippen LogP contribution in [-0.4, -0.2) is 26.0 Å². The Hall–Kier alpha value is -4.57. The van der Waals surface area contributed by atoms with E-state index in [4.69, 9.17) is 0 Å². The van der Waals surface area contributed by atoms with Crippen molar-refractivity contribution < 1.29 is 27.5 Å². The van der Waals surface area contributed by atoms with Gasteiger partial charge < -0.3 is 15.4 Å². The lowest BCUT2D eigenvalue weighted by Crippen LogP contribution is -2.17. The van der Waals surface area contributed by atoms with Crippen molar-refractivity contribution in [2.45, 2.75) is 19.2 Å². The van der Waals surface area contributed by atoms with Crippen LogP contribution in [0.1, 0.15) is 34.5 Å². The number of hydrogen-bond donors (Lipinski definition) is 3. The zero-order valence-corrected chi connectivity index (χ0v) is 19.8. The number of nitrogens with one attached hydrogen (secondary N) is 2. The summed E-state index contributed by atoms with van der Waals surface area (Å²) >= 11 is 0. The first-order valence-corrected chi connectivity index (χ1v) is 11.5. The predicted octanol–water partition coefficient (Wildman–Crippen LogP) is 6.76. The Morgan fingerprint density at radius 1 is 1.00 bits per heavy atom. The second-order valence-corrected chi connectivity index (χ2v) is 8.62. The third-order valence-corrected chi connectivity index (χ3v) is 6.07. The van der Waals surface area contributed by atoms with E-state index >= 15 is 4.39 Å². The molecule has 192 valence electrons. The number of halogens is 4. The smallest absolute Gasteiger partial charge is 0.389 e. The van der Waals surface area contributed by atoms with Crippen molar-refractivity contribution in [2.75, 3.05) is 5.32 Å². The van der Waals surface area contributed by atoms with Gasteiger partial charge in [0, 0.05) is 34.4 Å². The summed E-state index contributed by atoms with van der Waals surface area (Å²) in [5.41, 5.74) is 0.292. The van der Waals surface area contributed by atoms with Gasteiger partial charge in [0.1, 0.15) is 5.82 Å². The van der Waals surface area contributed by atoms with E-state index in [1.165, 1.54) is 18.5 Å².